The molecular weight excluding hydrogens is 244 g/mol. The van der Waals surface area contributed by atoms with Crippen LogP contribution < -0.4 is 4.90 Å². The fourth-order valence-electron chi connectivity index (χ4n) is 2.23. The molecule has 0 heterocycles. The Labute approximate surface area is 114 Å². The van der Waals surface area contributed by atoms with E-state index in [4.69, 9.17) is 11.6 Å². The second kappa shape index (κ2) is 5.63. The summed E-state index contributed by atoms with van der Waals surface area (Å²) in [5.74, 6) is 1.06. The van der Waals surface area contributed by atoms with Gasteiger partial charge in [0, 0.05) is 18.5 Å². The summed E-state index contributed by atoms with van der Waals surface area (Å²) in [6, 6.07) is 8.93. The molecule has 0 spiro atoms. The number of anilines is 1. The Kier molecular flexibility index (Phi) is 4.14. The van der Waals surface area contributed by atoms with E-state index in [1.165, 1.54) is 12.8 Å². The standard InChI is InChI=1S/C15H19ClN2/c1-11(2)10-18(14-4-5-14)15-6-3-12(8-16)7-13(15)9-17/h3,6-7,11,14H,4-5,8,10H2,1-2H3. The summed E-state index contributed by atoms with van der Waals surface area (Å²) in [5.41, 5.74) is 2.83. The van der Waals surface area contributed by atoms with Crippen molar-refractivity contribution in [2.24, 2.45) is 5.92 Å². The smallest absolute Gasteiger partial charge is 0.101 e. The molecule has 0 aliphatic heterocycles. The van der Waals surface area contributed by atoms with Crippen molar-refractivity contribution in [2.45, 2.75) is 38.6 Å². The van der Waals surface area contributed by atoms with Gasteiger partial charge in [0.05, 0.1) is 11.3 Å². The van der Waals surface area contributed by atoms with Crippen LogP contribution in [0, 0.1) is 17.2 Å². The van der Waals surface area contributed by atoms with Gasteiger partial charge in [0.15, 0.2) is 0 Å². The molecule has 0 saturated heterocycles. The minimum Gasteiger partial charge on any atom is -0.367 e. The Bertz CT molecular complexity index is 458. The van der Waals surface area contributed by atoms with E-state index < -0.39 is 0 Å². The van der Waals surface area contributed by atoms with E-state index in [2.05, 4.69) is 30.9 Å². The average molecular weight is 263 g/mol. The molecule has 2 rings (SSSR count). The molecule has 0 atom stereocenters. The highest BCUT2D eigenvalue weighted by molar-refractivity contribution is 6.17. The van der Waals surface area contributed by atoms with E-state index in [0.29, 0.717) is 17.8 Å². The molecule has 1 saturated carbocycles. The number of halogens is 1. The van der Waals surface area contributed by atoms with E-state index in [0.717, 1.165) is 23.4 Å². The number of nitriles is 1. The number of benzene rings is 1. The van der Waals surface area contributed by atoms with Crippen LogP contribution in [0.2, 0.25) is 0 Å². The Morgan fingerprint density at radius 1 is 1.44 bits per heavy atom. The van der Waals surface area contributed by atoms with Gasteiger partial charge in [0.1, 0.15) is 6.07 Å². The van der Waals surface area contributed by atoms with Gasteiger partial charge in [0.25, 0.3) is 0 Å². The average Bonchev–Trinajstić information content (AvgIpc) is 3.19. The predicted octanol–water partition coefficient (Wildman–Crippen LogP) is 3.92. The van der Waals surface area contributed by atoms with Crippen LogP contribution in [0.15, 0.2) is 18.2 Å². The van der Waals surface area contributed by atoms with E-state index >= 15 is 0 Å². The van der Waals surface area contributed by atoms with E-state index in [1.54, 1.807) is 0 Å². The van der Waals surface area contributed by atoms with Crippen molar-refractivity contribution in [1.29, 1.82) is 5.26 Å². The SMILES string of the molecule is CC(C)CN(c1ccc(CCl)cc1C#N)C1CC1. The largest absolute Gasteiger partial charge is 0.367 e. The lowest BCUT2D eigenvalue weighted by molar-refractivity contribution is 0.607. The first-order valence-corrected chi connectivity index (χ1v) is 7.04. The Balaban J connectivity index is 2.32. The van der Waals surface area contributed by atoms with Crippen LogP contribution in [0.4, 0.5) is 5.69 Å². The van der Waals surface area contributed by atoms with Crippen molar-refractivity contribution in [2.75, 3.05) is 11.4 Å². The maximum atomic E-state index is 9.30. The first-order chi connectivity index (χ1) is 8.65. The van der Waals surface area contributed by atoms with Crippen LogP contribution >= 0.6 is 11.6 Å². The van der Waals surface area contributed by atoms with Gasteiger partial charge in [-0.3, -0.25) is 0 Å². The summed E-state index contributed by atoms with van der Waals surface area (Å²) < 4.78 is 0. The molecule has 0 bridgehead atoms. The van der Waals surface area contributed by atoms with Gasteiger partial charge in [-0.1, -0.05) is 19.9 Å². The number of nitrogens with zero attached hydrogens (tertiary/aromatic N) is 2. The maximum absolute atomic E-state index is 9.30. The van der Waals surface area contributed by atoms with Gasteiger partial charge in [0.2, 0.25) is 0 Å². The fourth-order valence-corrected chi connectivity index (χ4v) is 2.40. The lowest BCUT2D eigenvalue weighted by atomic mass is 10.1. The normalized spacial score (nSPS) is 14.6. The lowest BCUT2D eigenvalue weighted by Gasteiger charge is -2.27. The number of alkyl halides is 1. The van der Waals surface area contributed by atoms with Crippen molar-refractivity contribution < 1.29 is 0 Å². The molecular formula is C15H19ClN2. The highest BCUT2D eigenvalue weighted by Gasteiger charge is 2.30. The Morgan fingerprint density at radius 3 is 2.67 bits per heavy atom. The molecule has 1 fully saturated rings. The molecule has 0 amide bonds. The summed E-state index contributed by atoms with van der Waals surface area (Å²) >= 11 is 5.82. The predicted molar refractivity (Wildman–Crippen MR) is 75.9 cm³/mol. The van der Waals surface area contributed by atoms with Gasteiger partial charge in [-0.15, -0.1) is 11.6 Å². The van der Waals surface area contributed by atoms with E-state index in [9.17, 15) is 5.26 Å². The monoisotopic (exact) mass is 262 g/mol. The van der Waals surface area contributed by atoms with Crippen LogP contribution in [0.3, 0.4) is 0 Å². The van der Waals surface area contributed by atoms with Gasteiger partial charge >= 0.3 is 0 Å². The molecule has 1 aliphatic rings. The van der Waals surface area contributed by atoms with E-state index in [-0.39, 0.29) is 0 Å². The zero-order chi connectivity index (χ0) is 13.1. The van der Waals surface area contributed by atoms with Crippen LogP contribution in [-0.2, 0) is 5.88 Å². The zero-order valence-electron chi connectivity index (χ0n) is 11.0. The summed E-state index contributed by atoms with van der Waals surface area (Å²) in [4.78, 5) is 2.39. The molecule has 0 radical (unpaired) electrons. The van der Waals surface area contributed by atoms with Gasteiger partial charge in [-0.05, 0) is 36.5 Å². The lowest BCUT2D eigenvalue weighted by Crippen LogP contribution is -2.30. The highest BCUT2D eigenvalue weighted by atomic mass is 35.5. The van der Waals surface area contributed by atoms with Crippen LogP contribution in [0.25, 0.3) is 0 Å². The molecule has 3 heteroatoms. The number of rotatable bonds is 5. The van der Waals surface area contributed by atoms with Gasteiger partial charge < -0.3 is 4.90 Å². The first-order valence-electron chi connectivity index (χ1n) is 6.51. The van der Waals surface area contributed by atoms with Gasteiger partial charge in [-0.25, -0.2) is 0 Å². The molecule has 0 unspecified atom stereocenters. The minimum absolute atomic E-state index is 0.461. The molecule has 1 aliphatic carbocycles. The number of hydrogen-bond acceptors (Lipinski definition) is 2. The molecule has 1 aromatic carbocycles. The molecule has 96 valence electrons. The molecule has 1 aromatic rings. The van der Waals surface area contributed by atoms with Crippen molar-refractivity contribution in [3.8, 4) is 6.07 Å². The minimum atomic E-state index is 0.461. The summed E-state index contributed by atoms with van der Waals surface area (Å²) in [6.07, 6.45) is 2.49. The topological polar surface area (TPSA) is 27.0 Å². The molecule has 2 nitrogen and oxygen atoms in total. The van der Waals surface area contributed by atoms with E-state index in [1.807, 2.05) is 12.1 Å². The van der Waals surface area contributed by atoms with Crippen LogP contribution in [0.5, 0.6) is 0 Å². The maximum Gasteiger partial charge on any atom is 0.101 e. The highest BCUT2D eigenvalue weighted by Crippen LogP contribution is 2.34. The summed E-state index contributed by atoms with van der Waals surface area (Å²) in [7, 11) is 0. The van der Waals surface area contributed by atoms with Gasteiger partial charge in [-0.2, -0.15) is 5.26 Å². The van der Waals surface area contributed by atoms with Crippen molar-refractivity contribution >= 4 is 17.3 Å². The quantitative estimate of drug-likeness (QED) is 0.752. The third-order valence-electron chi connectivity index (χ3n) is 3.19. The first kappa shape index (κ1) is 13.2. The van der Waals surface area contributed by atoms with Crippen molar-refractivity contribution in [3.05, 3.63) is 29.3 Å². The third-order valence-corrected chi connectivity index (χ3v) is 3.50. The molecule has 18 heavy (non-hydrogen) atoms. The zero-order valence-corrected chi connectivity index (χ0v) is 11.7. The third kappa shape index (κ3) is 2.97. The second-order valence-electron chi connectivity index (χ2n) is 5.37. The Hall–Kier alpha value is -1.20. The van der Waals surface area contributed by atoms with Crippen molar-refractivity contribution in [3.63, 3.8) is 0 Å². The van der Waals surface area contributed by atoms with Crippen LogP contribution in [0.1, 0.15) is 37.8 Å². The Morgan fingerprint density at radius 2 is 2.17 bits per heavy atom. The van der Waals surface area contributed by atoms with Crippen molar-refractivity contribution in [1.82, 2.24) is 0 Å². The second-order valence-corrected chi connectivity index (χ2v) is 5.64. The molecule has 0 N–H and O–H groups in total. The van der Waals surface area contributed by atoms with Crippen LogP contribution in [-0.4, -0.2) is 12.6 Å². The summed E-state index contributed by atoms with van der Waals surface area (Å²) in [5, 5.41) is 9.30. The summed E-state index contributed by atoms with van der Waals surface area (Å²) in [6.45, 7) is 5.45. The fraction of sp³-hybridized carbons (Fsp3) is 0.533. The number of hydrogen-bond donors (Lipinski definition) is 0. The molecule has 0 aromatic heterocycles.